The number of benzene rings is 1. The fourth-order valence-corrected chi connectivity index (χ4v) is 3.38. The van der Waals surface area contributed by atoms with Crippen molar-refractivity contribution in [1.29, 1.82) is 0 Å². The Morgan fingerprint density at radius 2 is 2.10 bits per heavy atom. The first-order valence-electron chi connectivity index (χ1n) is 9.57. The molecule has 10 heteroatoms. The third kappa shape index (κ3) is 5.34. The predicted octanol–water partition coefficient (Wildman–Crippen LogP) is 2.70. The number of nitro benzene ring substituents is 1. The summed E-state index contributed by atoms with van der Waals surface area (Å²) in [6.07, 6.45) is 0.780. The van der Waals surface area contributed by atoms with Gasteiger partial charge in [0.1, 0.15) is 0 Å². The fraction of sp³-hybridized carbons (Fsp3) is 0.450. The number of carboxylic acids is 1. The number of ether oxygens (including phenoxy) is 1. The molecule has 1 aliphatic heterocycles. The van der Waals surface area contributed by atoms with E-state index in [0.29, 0.717) is 23.5 Å². The monoisotopic (exact) mass is 419 g/mol. The lowest BCUT2D eigenvalue weighted by Gasteiger charge is -2.36. The molecule has 1 N–H and O–H groups in total. The summed E-state index contributed by atoms with van der Waals surface area (Å²) in [6, 6.07) is 5.78. The summed E-state index contributed by atoms with van der Waals surface area (Å²) in [7, 11) is 0. The molecule has 30 heavy (non-hydrogen) atoms. The molecule has 1 unspecified atom stereocenters. The Morgan fingerprint density at radius 3 is 2.70 bits per heavy atom. The second-order valence-corrected chi connectivity index (χ2v) is 6.67. The molecule has 1 aliphatic rings. The number of carbonyl (C=O) groups excluding carboxylic acids is 1. The lowest BCUT2D eigenvalue weighted by atomic mass is 9.82. The van der Waals surface area contributed by atoms with Crippen molar-refractivity contribution >= 4 is 23.3 Å². The summed E-state index contributed by atoms with van der Waals surface area (Å²) in [6.45, 7) is 5.99. The average molecular weight is 419 g/mol. The zero-order chi connectivity index (χ0) is 22.3. The molecule has 0 aromatic heterocycles. The quantitative estimate of drug-likeness (QED) is 0.367. The first-order valence-corrected chi connectivity index (χ1v) is 9.57. The van der Waals surface area contributed by atoms with E-state index in [1.54, 1.807) is 19.9 Å². The number of rotatable bonds is 9. The van der Waals surface area contributed by atoms with E-state index in [1.165, 1.54) is 18.2 Å². The van der Waals surface area contributed by atoms with Crippen LogP contribution in [-0.2, 0) is 19.2 Å². The minimum Gasteiger partial charge on any atom is -0.478 e. The molecule has 162 valence electrons. The van der Waals surface area contributed by atoms with Crippen LogP contribution >= 0.6 is 0 Å². The maximum atomic E-state index is 12.1. The van der Waals surface area contributed by atoms with E-state index >= 15 is 0 Å². The summed E-state index contributed by atoms with van der Waals surface area (Å²) in [5.41, 5.74) is 1.23. The van der Waals surface area contributed by atoms with Crippen LogP contribution in [0.2, 0.25) is 0 Å². The first kappa shape index (κ1) is 22.9. The molecule has 1 aromatic carbocycles. The van der Waals surface area contributed by atoms with Gasteiger partial charge in [-0.15, -0.1) is 0 Å². The van der Waals surface area contributed by atoms with Gasteiger partial charge in [0.25, 0.3) is 5.69 Å². The normalized spacial score (nSPS) is 17.8. The highest BCUT2D eigenvalue weighted by atomic mass is 16.7. The van der Waals surface area contributed by atoms with Crippen molar-refractivity contribution in [3.63, 3.8) is 0 Å². The molecule has 0 spiro atoms. The van der Waals surface area contributed by atoms with Crippen molar-refractivity contribution < 1.29 is 29.2 Å². The Morgan fingerprint density at radius 1 is 1.37 bits per heavy atom. The Labute approximate surface area is 173 Å². The standard InChI is InChI=1S/C20H25N3O7/c1-4-9-22-11-16(21-30-12-17(24)29-5-2)19(18(13(22)3)20(25)26)14-7-6-8-15(10-14)23(27)28/h6-8,10,19H,4-5,9,11-12H2,1-3H3,(H,25,26). The molecule has 0 bridgehead atoms. The largest absolute Gasteiger partial charge is 0.478 e. The van der Waals surface area contributed by atoms with Gasteiger partial charge in [-0.1, -0.05) is 24.2 Å². The van der Waals surface area contributed by atoms with Crippen molar-refractivity contribution in [2.24, 2.45) is 5.16 Å². The highest BCUT2D eigenvalue weighted by molar-refractivity contribution is 6.05. The van der Waals surface area contributed by atoms with Crippen LogP contribution in [0.5, 0.6) is 0 Å². The molecule has 0 amide bonds. The molecular formula is C20H25N3O7. The molecule has 10 nitrogen and oxygen atoms in total. The number of oxime groups is 1. The lowest BCUT2D eigenvalue weighted by Crippen LogP contribution is -2.40. The topological polar surface area (TPSA) is 132 Å². The van der Waals surface area contributed by atoms with Gasteiger partial charge in [-0.2, -0.15) is 0 Å². The number of nitrogens with zero attached hydrogens (tertiary/aromatic N) is 3. The highest BCUT2D eigenvalue weighted by Gasteiger charge is 2.37. The van der Waals surface area contributed by atoms with Crippen LogP contribution in [0, 0.1) is 10.1 Å². The summed E-state index contributed by atoms with van der Waals surface area (Å²) in [4.78, 5) is 41.4. The van der Waals surface area contributed by atoms with Crippen molar-refractivity contribution in [2.75, 3.05) is 26.3 Å². The fourth-order valence-electron chi connectivity index (χ4n) is 3.38. The highest BCUT2D eigenvalue weighted by Crippen LogP contribution is 2.35. The number of hydrogen-bond acceptors (Lipinski definition) is 8. The zero-order valence-corrected chi connectivity index (χ0v) is 17.2. The maximum Gasteiger partial charge on any atom is 0.347 e. The SMILES string of the molecule is CCCN1CC(=NOCC(=O)OCC)C(c2cccc([N+](=O)[O-])c2)C(C(=O)O)=C1C. The van der Waals surface area contributed by atoms with Crippen LogP contribution in [0.15, 0.2) is 40.7 Å². The van der Waals surface area contributed by atoms with E-state index in [1.807, 2.05) is 11.8 Å². The van der Waals surface area contributed by atoms with Crippen LogP contribution in [0.25, 0.3) is 0 Å². The Kier molecular flexibility index (Phi) is 7.90. The number of carboxylic acid groups (broad SMARTS) is 1. The molecule has 0 radical (unpaired) electrons. The predicted molar refractivity (Wildman–Crippen MR) is 108 cm³/mol. The lowest BCUT2D eigenvalue weighted by molar-refractivity contribution is -0.384. The third-order valence-electron chi connectivity index (χ3n) is 4.65. The molecule has 1 atom stereocenters. The van der Waals surface area contributed by atoms with Crippen molar-refractivity contribution in [3.8, 4) is 0 Å². The first-order chi connectivity index (χ1) is 14.3. The van der Waals surface area contributed by atoms with E-state index in [4.69, 9.17) is 9.57 Å². The van der Waals surface area contributed by atoms with Crippen LogP contribution in [0.4, 0.5) is 5.69 Å². The van der Waals surface area contributed by atoms with Crippen molar-refractivity contribution in [1.82, 2.24) is 4.90 Å². The number of carbonyl (C=O) groups is 2. The number of hydrogen-bond donors (Lipinski definition) is 1. The average Bonchev–Trinajstić information content (AvgIpc) is 2.70. The van der Waals surface area contributed by atoms with Crippen LogP contribution < -0.4 is 0 Å². The number of allylic oxidation sites excluding steroid dienone is 1. The molecule has 0 fully saturated rings. The molecule has 0 aliphatic carbocycles. The van der Waals surface area contributed by atoms with Gasteiger partial charge in [-0.3, -0.25) is 10.1 Å². The minimum atomic E-state index is -1.15. The maximum absolute atomic E-state index is 12.1. The second kappa shape index (κ2) is 10.4. The summed E-state index contributed by atoms with van der Waals surface area (Å²) in [5, 5.41) is 25.2. The van der Waals surface area contributed by atoms with Gasteiger partial charge in [0.2, 0.25) is 6.61 Å². The molecule has 0 saturated carbocycles. The van der Waals surface area contributed by atoms with E-state index in [-0.39, 0.29) is 24.4 Å². The van der Waals surface area contributed by atoms with Gasteiger partial charge < -0.3 is 19.6 Å². The molecule has 1 heterocycles. The van der Waals surface area contributed by atoms with Gasteiger partial charge >= 0.3 is 11.9 Å². The van der Waals surface area contributed by atoms with Gasteiger partial charge in [0.05, 0.1) is 35.3 Å². The number of aliphatic carboxylic acids is 1. The number of esters is 1. The number of non-ortho nitro benzene ring substituents is 1. The van der Waals surface area contributed by atoms with E-state index in [9.17, 15) is 24.8 Å². The molecule has 2 rings (SSSR count). The van der Waals surface area contributed by atoms with Crippen LogP contribution in [-0.4, -0.2) is 58.9 Å². The number of nitro groups is 1. The van der Waals surface area contributed by atoms with Crippen LogP contribution in [0.3, 0.4) is 0 Å². The summed E-state index contributed by atoms with van der Waals surface area (Å²) >= 11 is 0. The van der Waals surface area contributed by atoms with Gasteiger partial charge in [-0.05, 0) is 25.8 Å². The molecular weight excluding hydrogens is 394 g/mol. The van der Waals surface area contributed by atoms with Gasteiger partial charge in [-0.25, -0.2) is 9.59 Å². The summed E-state index contributed by atoms with van der Waals surface area (Å²) < 4.78 is 4.80. The molecule has 0 saturated heterocycles. The van der Waals surface area contributed by atoms with Crippen molar-refractivity contribution in [3.05, 3.63) is 51.2 Å². The summed E-state index contributed by atoms with van der Waals surface area (Å²) in [5.74, 6) is -2.60. The smallest absolute Gasteiger partial charge is 0.347 e. The zero-order valence-electron chi connectivity index (χ0n) is 17.2. The van der Waals surface area contributed by atoms with E-state index in [0.717, 1.165) is 6.42 Å². The third-order valence-corrected chi connectivity index (χ3v) is 4.65. The molecule has 1 aromatic rings. The van der Waals surface area contributed by atoms with E-state index < -0.39 is 29.4 Å². The van der Waals surface area contributed by atoms with E-state index in [2.05, 4.69) is 5.16 Å². The Balaban J connectivity index is 2.53. The van der Waals surface area contributed by atoms with Gasteiger partial charge in [0.15, 0.2) is 0 Å². The second-order valence-electron chi connectivity index (χ2n) is 6.67. The minimum absolute atomic E-state index is 0.0636. The van der Waals surface area contributed by atoms with Crippen LogP contribution in [0.1, 0.15) is 38.7 Å². The Bertz CT molecular complexity index is 879. The van der Waals surface area contributed by atoms with Crippen molar-refractivity contribution in [2.45, 2.75) is 33.1 Å². The van der Waals surface area contributed by atoms with Gasteiger partial charge in [0, 0.05) is 24.4 Å². The Hall–Kier alpha value is -3.43.